The summed E-state index contributed by atoms with van der Waals surface area (Å²) < 4.78 is 4.65. The normalized spacial score (nSPS) is 11.6. The molecule has 0 saturated heterocycles. The van der Waals surface area contributed by atoms with Crippen molar-refractivity contribution in [3.05, 3.63) is 170 Å². The molecule has 6 nitrogen and oxygen atoms in total. The fourth-order valence-corrected chi connectivity index (χ4v) is 9.77. The van der Waals surface area contributed by atoms with Crippen LogP contribution >= 0.6 is 22.7 Å². The number of rotatable bonds is 6. The minimum absolute atomic E-state index is 0.629. The van der Waals surface area contributed by atoms with E-state index in [0.717, 1.165) is 53.6 Å². The third-order valence-corrected chi connectivity index (χ3v) is 12.4. The molecule has 0 bridgehead atoms. The Balaban J connectivity index is 1.07. The topological polar surface area (TPSA) is 77.3 Å². The van der Waals surface area contributed by atoms with E-state index in [0.29, 0.717) is 34.9 Å². The number of thiophene rings is 2. The van der Waals surface area contributed by atoms with E-state index >= 15 is 0 Å². The van der Waals surface area contributed by atoms with Crippen molar-refractivity contribution in [1.29, 1.82) is 0 Å². The molecule has 0 aliphatic heterocycles. The third-order valence-electron chi connectivity index (χ3n) is 10.0. The highest BCUT2D eigenvalue weighted by atomic mass is 32.1. The zero-order valence-corrected chi connectivity index (χ0v) is 31.3. The van der Waals surface area contributed by atoms with Crippen molar-refractivity contribution in [3.8, 4) is 68.3 Å². The molecule has 0 atom stereocenters. The molecule has 0 radical (unpaired) electrons. The van der Waals surface area contributed by atoms with Gasteiger partial charge in [0.05, 0.1) is 0 Å². The smallest absolute Gasteiger partial charge is 0.165 e. The first-order chi connectivity index (χ1) is 27.7. The van der Waals surface area contributed by atoms with Gasteiger partial charge in [0.1, 0.15) is 0 Å². The van der Waals surface area contributed by atoms with E-state index in [9.17, 15) is 0 Å². The molecule has 0 aliphatic carbocycles. The summed E-state index contributed by atoms with van der Waals surface area (Å²) in [6, 6.07) is 58.2. The number of nitrogens with zero attached hydrogens (tertiary/aromatic N) is 6. The molecule has 7 aromatic carbocycles. The van der Waals surface area contributed by atoms with Crippen LogP contribution in [0.5, 0.6) is 0 Å². The summed E-state index contributed by atoms with van der Waals surface area (Å²) in [6.07, 6.45) is 0. The Morgan fingerprint density at radius 2 is 0.661 bits per heavy atom. The number of aromatic nitrogens is 6. The second kappa shape index (κ2) is 13.4. The van der Waals surface area contributed by atoms with Crippen LogP contribution in [0.1, 0.15) is 0 Å². The minimum Gasteiger partial charge on any atom is -0.208 e. The predicted octanol–water partition coefficient (Wildman–Crippen LogP) is 12.8. The third kappa shape index (κ3) is 5.62. The SMILES string of the molecule is c1ccc(-c2nc(-c3ccc4c(c3)sc3c(-c5nc(-c6ccccc6)nc(-c6ccccc6)n5)cccc34)nc(-c3cccc4c3sc3ccccc34)n2)cc1. The first-order valence-corrected chi connectivity index (χ1v) is 19.9. The second-order valence-corrected chi connectivity index (χ2v) is 15.6. The first-order valence-electron chi connectivity index (χ1n) is 18.3. The molecule has 11 aromatic rings. The highest BCUT2D eigenvalue weighted by molar-refractivity contribution is 7.26. The minimum atomic E-state index is 0.629. The molecule has 8 heteroatoms. The Bertz CT molecular complexity index is 3190. The number of fused-ring (bicyclic) bond motifs is 6. The van der Waals surface area contributed by atoms with E-state index < -0.39 is 0 Å². The summed E-state index contributed by atoms with van der Waals surface area (Å²) in [5.74, 6) is 3.84. The molecule has 0 aliphatic rings. The predicted molar refractivity (Wildman–Crippen MR) is 232 cm³/mol. The Kier molecular flexibility index (Phi) is 7.75. The lowest BCUT2D eigenvalue weighted by atomic mass is 10.1. The van der Waals surface area contributed by atoms with Gasteiger partial charge >= 0.3 is 0 Å². The van der Waals surface area contributed by atoms with Crippen LogP contribution in [0.15, 0.2) is 170 Å². The molecule has 0 saturated carbocycles. The Morgan fingerprint density at radius 3 is 1.18 bits per heavy atom. The van der Waals surface area contributed by atoms with Gasteiger partial charge in [-0.15, -0.1) is 22.7 Å². The number of hydrogen-bond donors (Lipinski definition) is 0. The van der Waals surface area contributed by atoms with Crippen molar-refractivity contribution in [3.63, 3.8) is 0 Å². The average Bonchev–Trinajstić information content (AvgIpc) is 3.85. The summed E-state index contributed by atoms with van der Waals surface area (Å²) >= 11 is 3.51. The van der Waals surface area contributed by atoms with Gasteiger partial charge in [-0.1, -0.05) is 146 Å². The summed E-state index contributed by atoms with van der Waals surface area (Å²) in [7, 11) is 0. The van der Waals surface area contributed by atoms with Crippen LogP contribution < -0.4 is 0 Å². The van der Waals surface area contributed by atoms with Gasteiger partial charge < -0.3 is 0 Å². The van der Waals surface area contributed by atoms with Gasteiger partial charge in [0.25, 0.3) is 0 Å². The number of hydrogen-bond acceptors (Lipinski definition) is 8. The highest BCUT2D eigenvalue weighted by Gasteiger charge is 2.19. The molecule has 0 spiro atoms. The lowest BCUT2D eigenvalue weighted by Crippen LogP contribution is -2.00. The van der Waals surface area contributed by atoms with E-state index in [1.165, 1.54) is 20.2 Å². The first kappa shape index (κ1) is 32.4. The van der Waals surface area contributed by atoms with Crippen molar-refractivity contribution >= 4 is 63.0 Å². The monoisotopic (exact) mass is 752 g/mol. The van der Waals surface area contributed by atoms with Crippen LogP contribution in [0, 0.1) is 0 Å². The summed E-state index contributed by atoms with van der Waals surface area (Å²) in [6.45, 7) is 0. The van der Waals surface area contributed by atoms with Crippen LogP contribution in [0.3, 0.4) is 0 Å². The highest BCUT2D eigenvalue weighted by Crippen LogP contribution is 2.42. The van der Waals surface area contributed by atoms with Gasteiger partial charge in [0.2, 0.25) is 0 Å². The fourth-order valence-electron chi connectivity index (χ4n) is 7.31. The number of benzene rings is 7. The van der Waals surface area contributed by atoms with Crippen molar-refractivity contribution in [2.45, 2.75) is 0 Å². The molecule has 0 fully saturated rings. The van der Waals surface area contributed by atoms with Crippen LogP contribution in [-0.2, 0) is 0 Å². The van der Waals surface area contributed by atoms with E-state index in [4.69, 9.17) is 29.9 Å². The Morgan fingerprint density at radius 1 is 0.268 bits per heavy atom. The lowest BCUT2D eigenvalue weighted by molar-refractivity contribution is 1.08. The quantitative estimate of drug-likeness (QED) is 0.168. The zero-order valence-electron chi connectivity index (χ0n) is 29.7. The van der Waals surface area contributed by atoms with E-state index in [1.807, 2.05) is 91.0 Å². The van der Waals surface area contributed by atoms with Crippen LogP contribution in [0.2, 0.25) is 0 Å². The van der Waals surface area contributed by atoms with Crippen LogP contribution in [-0.4, -0.2) is 29.9 Å². The van der Waals surface area contributed by atoms with E-state index in [2.05, 4.69) is 78.9 Å². The molecule has 0 unspecified atom stereocenters. The van der Waals surface area contributed by atoms with Crippen molar-refractivity contribution < 1.29 is 0 Å². The summed E-state index contributed by atoms with van der Waals surface area (Å²) in [5.41, 5.74) is 5.71. The van der Waals surface area contributed by atoms with Gasteiger partial charge in [-0.3, -0.25) is 0 Å². The van der Waals surface area contributed by atoms with Crippen molar-refractivity contribution in [1.82, 2.24) is 29.9 Å². The maximum atomic E-state index is 5.18. The second-order valence-electron chi connectivity index (χ2n) is 13.5. The molecular weight excluding hydrogens is 725 g/mol. The van der Waals surface area contributed by atoms with E-state index in [1.54, 1.807) is 22.7 Å². The molecule has 4 heterocycles. The maximum Gasteiger partial charge on any atom is 0.165 e. The average molecular weight is 753 g/mol. The van der Waals surface area contributed by atoms with Crippen LogP contribution in [0.4, 0.5) is 0 Å². The zero-order chi connectivity index (χ0) is 37.0. The lowest BCUT2D eigenvalue weighted by Gasteiger charge is -2.09. The Labute approximate surface area is 329 Å². The van der Waals surface area contributed by atoms with E-state index in [-0.39, 0.29) is 0 Å². The standard InChI is InChI=1S/C48H28N6S2/c1-4-14-29(15-5-1)43-49-44(30-16-6-2-7-17-30)52-47(51-43)38-24-13-22-36-34-27-26-32(28-40(34)56-42(36)38)46-50-45(31-18-8-3-9-19-31)53-48(54-46)37-23-12-21-35-33-20-10-11-25-39(33)55-41(35)37/h1-28H. The largest absolute Gasteiger partial charge is 0.208 e. The summed E-state index contributed by atoms with van der Waals surface area (Å²) in [4.78, 5) is 30.4. The molecule has 0 N–H and O–H groups in total. The molecular formula is C48H28N6S2. The Hall–Kier alpha value is -7.00. The van der Waals surface area contributed by atoms with Gasteiger partial charge in [-0.05, 0) is 24.3 Å². The van der Waals surface area contributed by atoms with Crippen molar-refractivity contribution in [2.75, 3.05) is 0 Å². The van der Waals surface area contributed by atoms with Gasteiger partial charge in [0, 0.05) is 73.7 Å². The van der Waals surface area contributed by atoms with Gasteiger partial charge in [-0.2, -0.15) is 0 Å². The van der Waals surface area contributed by atoms with Gasteiger partial charge in [-0.25, -0.2) is 29.9 Å². The van der Waals surface area contributed by atoms with Crippen molar-refractivity contribution in [2.24, 2.45) is 0 Å². The molecule has 11 rings (SSSR count). The van der Waals surface area contributed by atoms with Crippen LogP contribution in [0.25, 0.3) is 109 Å². The molecule has 0 amide bonds. The fraction of sp³-hybridized carbons (Fsp3) is 0. The molecule has 56 heavy (non-hydrogen) atoms. The summed E-state index contributed by atoms with van der Waals surface area (Å²) in [5, 5.41) is 4.75. The molecule has 262 valence electrons. The van der Waals surface area contributed by atoms with Gasteiger partial charge in [0.15, 0.2) is 34.9 Å². The molecule has 4 aromatic heterocycles. The maximum absolute atomic E-state index is 5.18.